The average Bonchev–Trinajstić information content (AvgIpc) is 3.36. The fourth-order valence-electron chi connectivity index (χ4n) is 2.46. The van der Waals surface area contributed by atoms with Crippen molar-refractivity contribution in [3.8, 4) is 10.6 Å². The summed E-state index contributed by atoms with van der Waals surface area (Å²) >= 11 is 8.64. The molecule has 0 saturated carbocycles. The topological polar surface area (TPSA) is 97.4 Å². The number of halogens is 1. The van der Waals surface area contributed by atoms with Gasteiger partial charge in [-0.05, 0) is 36.9 Å². The summed E-state index contributed by atoms with van der Waals surface area (Å²) < 4.78 is 5.02. The minimum atomic E-state index is -0.711. The van der Waals surface area contributed by atoms with Crippen LogP contribution < -0.4 is 10.6 Å². The van der Waals surface area contributed by atoms with E-state index in [0.717, 1.165) is 21.8 Å². The fourth-order valence-corrected chi connectivity index (χ4v) is 4.26. The Kier molecular flexibility index (Phi) is 7.56. The Morgan fingerprint density at radius 1 is 1.17 bits per heavy atom. The standard InChI is InChI=1S/C20H18ClN3O4S2/c1-12-17(30-18(23-12)13-4-6-14(21)7-5-13)19(26)28-11-16(25)24-20(27)22-9-8-15-3-2-10-29-15/h2-7,10H,8-9,11H2,1H3,(H2,22,24,25,27). The van der Waals surface area contributed by atoms with Crippen molar-refractivity contribution in [2.75, 3.05) is 13.2 Å². The van der Waals surface area contributed by atoms with Gasteiger partial charge >= 0.3 is 12.0 Å². The van der Waals surface area contributed by atoms with Crippen LogP contribution in [-0.4, -0.2) is 36.0 Å². The second-order valence-electron chi connectivity index (χ2n) is 6.15. The van der Waals surface area contributed by atoms with E-state index in [2.05, 4.69) is 15.6 Å². The molecule has 0 radical (unpaired) electrons. The fraction of sp³-hybridized carbons (Fsp3) is 0.200. The molecular formula is C20H18ClN3O4S2. The second kappa shape index (κ2) is 10.3. The third-order valence-corrected chi connectivity index (χ3v) is 6.27. The van der Waals surface area contributed by atoms with Crippen molar-refractivity contribution in [2.24, 2.45) is 0 Å². The zero-order valence-electron chi connectivity index (χ0n) is 15.9. The van der Waals surface area contributed by atoms with E-state index in [-0.39, 0.29) is 0 Å². The van der Waals surface area contributed by atoms with E-state index >= 15 is 0 Å². The Bertz CT molecular complexity index is 1030. The number of hydrogen-bond donors (Lipinski definition) is 2. The highest BCUT2D eigenvalue weighted by molar-refractivity contribution is 7.17. The Morgan fingerprint density at radius 2 is 1.93 bits per heavy atom. The molecule has 3 aromatic rings. The highest BCUT2D eigenvalue weighted by atomic mass is 35.5. The Balaban J connectivity index is 1.46. The lowest BCUT2D eigenvalue weighted by molar-refractivity contribution is -0.123. The van der Waals surface area contributed by atoms with Crippen molar-refractivity contribution in [3.63, 3.8) is 0 Å². The lowest BCUT2D eigenvalue weighted by atomic mass is 10.2. The molecule has 30 heavy (non-hydrogen) atoms. The number of ether oxygens (including phenoxy) is 1. The molecule has 1 aromatic carbocycles. The summed E-state index contributed by atoms with van der Waals surface area (Å²) in [5, 5.41) is 7.92. The molecule has 2 N–H and O–H groups in total. The number of nitrogens with zero attached hydrogens (tertiary/aromatic N) is 1. The molecule has 0 aliphatic carbocycles. The number of rotatable bonds is 7. The van der Waals surface area contributed by atoms with Crippen molar-refractivity contribution in [1.82, 2.24) is 15.6 Å². The summed E-state index contributed by atoms with van der Waals surface area (Å²) in [4.78, 5) is 41.7. The van der Waals surface area contributed by atoms with Crippen LogP contribution in [0.5, 0.6) is 0 Å². The van der Waals surface area contributed by atoms with E-state index in [4.69, 9.17) is 16.3 Å². The van der Waals surface area contributed by atoms with Gasteiger partial charge in [0.1, 0.15) is 9.88 Å². The number of imide groups is 1. The number of carbonyl (C=O) groups excluding carboxylic acids is 3. The van der Waals surface area contributed by atoms with Crippen LogP contribution in [0.3, 0.4) is 0 Å². The van der Waals surface area contributed by atoms with Gasteiger partial charge in [-0.2, -0.15) is 0 Å². The normalized spacial score (nSPS) is 10.5. The van der Waals surface area contributed by atoms with E-state index in [1.54, 1.807) is 42.5 Å². The summed E-state index contributed by atoms with van der Waals surface area (Å²) in [6.07, 6.45) is 0.675. The third-order valence-electron chi connectivity index (χ3n) is 3.90. The van der Waals surface area contributed by atoms with Crippen LogP contribution in [0, 0.1) is 6.92 Å². The first-order valence-electron chi connectivity index (χ1n) is 8.93. The molecule has 0 bridgehead atoms. The summed E-state index contributed by atoms with van der Waals surface area (Å²) in [5.41, 5.74) is 1.32. The molecule has 0 unspecified atom stereocenters. The zero-order valence-corrected chi connectivity index (χ0v) is 18.3. The van der Waals surface area contributed by atoms with Gasteiger partial charge in [-0.3, -0.25) is 10.1 Å². The Labute approximate surface area is 186 Å². The number of hydrogen-bond acceptors (Lipinski definition) is 7. The lowest BCUT2D eigenvalue weighted by Crippen LogP contribution is -2.42. The van der Waals surface area contributed by atoms with Crippen LogP contribution in [0.25, 0.3) is 10.6 Å². The molecule has 10 heteroatoms. The molecule has 0 aliphatic rings. The third kappa shape index (κ3) is 6.12. The molecule has 0 fully saturated rings. The first-order chi connectivity index (χ1) is 14.4. The monoisotopic (exact) mass is 463 g/mol. The molecule has 156 valence electrons. The predicted octanol–water partition coefficient (Wildman–Crippen LogP) is 4.06. The smallest absolute Gasteiger partial charge is 0.350 e. The number of urea groups is 1. The average molecular weight is 464 g/mol. The predicted molar refractivity (Wildman–Crippen MR) is 117 cm³/mol. The van der Waals surface area contributed by atoms with E-state index in [0.29, 0.717) is 33.6 Å². The SMILES string of the molecule is Cc1nc(-c2ccc(Cl)cc2)sc1C(=O)OCC(=O)NC(=O)NCCc1cccs1. The summed E-state index contributed by atoms with van der Waals surface area (Å²) in [6, 6.07) is 10.4. The maximum absolute atomic E-state index is 12.3. The van der Waals surface area contributed by atoms with Gasteiger partial charge in [-0.1, -0.05) is 29.8 Å². The van der Waals surface area contributed by atoms with E-state index in [1.165, 1.54) is 0 Å². The number of thiazole rings is 1. The van der Waals surface area contributed by atoms with Gasteiger partial charge in [0, 0.05) is 22.0 Å². The summed E-state index contributed by atoms with van der Waals surface area (Å²) in [7, 11) is 0. The van der Waals surface area contributed by atoms with Crippen LogP contribution >= 0.6 is 34.3 Å². The maximum atomic E-state index is 12.3. The van der Waals surface area contributed by atoms with Crippen LogP contribution in [0.4, 0.5) is 4.79 Å². The molecular weight excluding hydrogens is 446 g/mol. The molecule has 2 heterocycles. The van der Waals surface area contributed by atoms with Crippen molar-refractivity contribution in [2.45, 2.75) is 13.3 Å². The number of aromatic nitrogens is 1. The van der Waals surface area contributed by atoms with E-state index < -0.39 is 24.5 Å². The summed E-state index contributed by atoms with van der Waals surface area (Å²) in [5.74, 6) is -1.38. The van der Waals surface area contributed by atoms with Gasteiger partial charge in [0.15, 0.2) is 6.61 Å². The van der Waals surface area contributed by atoms with Gasteiger partial charge in [0.2, 0.25) is 0 Å². The highest BCUT2D eigenvalue weighted by Crippen LogP contribution is 2.29. The van der Waals surface area contributed by atoms with Crippen molar-refractivity contribution >= 4 is 52.2 Å². The lowest BCUT2D eigenvalue weighted by Gasteiger charge is -2.06. The van der Waals surface area contributed by atoms with Gasteiger partial charge in [-0.15, -0.1) is 22.7 Å². The Morgan fingerprint density at radius 3 is 2.63 bits per heavy atom. The molecule has 0 atom stereocenters. The minimum absolute atomic E-state index is 0.299. The highest BCUT2D eigenvalue weighted by Gasteiger charge is 2.19. The number of carbonyl (C=O) groups is 3. The molecule has 0 aliphatic heterocycles. The second-order valence-corrected chi connectivity index (χ2v) is 8.62. The molecule has 0 saturated heterocycles. The van der Waals surface area contributed by atoms with Crippen molar-refractivity contribution < 1.29 is 19.1 Å². The van der Waals surface area contributed by atoms with Gasteiger partial charge in [0.05, 0.1) is 5.69 Å². The molecule has 3 rings (SSSR count). The van der Waals surface area contributed by atoms with Crippen LogP contribution in [-0.2, 0) is 16.0 Å². The number of esters is 1. The Hall–Kier alpha value is -2.75. The van der Waals surface area contributed by atoms with Gasteiger partial charge in [0.25, 0.3) is 5.91 Å². The zero-order chi connectivity index (χ0) is 21.5. The van der Waals surface area contributed by atoms with Crippen molar-refractivity contribution in [1.29, 1.82) is 0 Å². The van der Waals surface area contributed by atoms with Crippen LogP contribution in [0.15, 0.2) is 41.8 Å². The number of amides is 3. The summed E-state index contributed by atoms with van der Waals surface area (Å²) in [6.45, 7) is 1.52. The number of nitrogens with one attached hydrogen (secondary N) is 2. The number of thiophene rings is 1. The van der Waals surface area contributed by atoms with Gasteiger partial charge in [-0.25, -0.2) is 14.6 Å². The maximum Gasteiger partial charge on any atom is 0.350 e. The van der Waals surface area contributed by atoms with E-state index in [9.17, 15) is 14.4 Å². The van der Waals surface area contributed by atoms with Gasteiger partial charge < -0.3 is 10.1 Å². The molecule has 3 amide bonds. The largest absolute Gasteiger partial charge is 0.451 e. The molecule has 0 spiro atoms. The van der Waals surface area contributed by atoms with Crippen LogP contribution in [0.2, 0.25) is 5.02 Å². The van der Waals surface area contributed by atoms with Crippen molar-refractivity contribution in [3.05, 3.63) is 62.2 Å². The van der Waals surface area contributed by atoms with Crippen LogP contribution in [0.1, 0.15) is 20.2 Å². The molecule has 2 aromatic heterocycles. The first kappa shape index (κ1) is 21.9. The quantitative estimate of drug-likeness (QED) is 0.515. The number of aryl methyl sites for hydroxylation is 1. The molecule has 7 nitrogen and oxygen atoms in total. The minimum Gasteiger partial charge on any atom is -0.451 e. The first-order valence-corrected chi connectivity index (χ1v) is 11.0. The van der Waals surface area contributed by atoms with E-state index in [1.807, 2.05) is 17.5 Å². The number of benzene rings is 1.